The summed E-state index contributed by atoms with van der Waals surface area (Å²) in [4.78, 5) is 25.5. The van der Waals surface area contributed by atoms with Crippen LogP contribution in [0.1, 0.15) is 188 Å². The standard InChI is InChI=1S/C67H100O5/c1-4-7-10-13-16-19-22-25-28-31-33-35-38-41-44-47-50-53-56-59-62-70-63-65(72-67(69)61-58-55-52-49-46-43-40-36-30-27-24-21-18-15-12-9-6-3)64-71-66(68)60-57-54-51-48-45-42-39-37-34-32-29-26-23-20-17-14-11-8-5-2/h7-12,16-21,25-30,33-35,37,40-45,49-50,52-53,65H,4-6,13-15,22-24,31-32,36,38-39,46-48,51,54-64H2,1-3H3/b10-7-,11-8-,12-9-,19-16-,20-17-,21-18-,28-25-,29-26-,30-27-,35-33-,37-34-,43-40-,44-41-,45-42-,52-49-,53-50-. The molecule has 1 unspecified atom stereocenters. The van der Waals surface area contributed by atoms with Gasteiger partial charge < -0.3 is 14.2 Å². The third-order valence-corrected chi connectivity index (χ3v) is 10.6. The van der Waals surface area contributed by atoms with E-state index in [1.54, 1.807) is 0 Å². The maximum Gasteiger partial charge on any atom is 0.306 e. The highest BCUT2D eigenvalue weighted by molar-refractivity contribution is 5.70. The molecule has 0 N–H and O–H groups in total. The molecular formula is C67H100O5. The van der Waals surface area contributed by atoms with E-state index in [0.29, 0.717) is 25.9 Å². The van der Waals surface area contributed by atoms with Crippen LogP contribution in [0.4, 0.5) is 0 Å². The third kappa shape index (κ3) is 57.3. The van der Waals surface area contributed by atoms with Gasteiger partial charge in [0.05, 0.1) is 6.61 Å². The quantitative estimate of drug-likeness (QED) is 0.0345. The minimum Gasteiger partial charge on any atom is -0.462 e. The van der Waals surface area contributed by atoms with Crippen molar-refractivity contribution in [1.82, 2.24) is 0 Å². The molecule has 5 heteroatoms. The van der Waals surface area contributed by atoms with Crippen LogP contribution in [0.3, 0.4) is 0 Å². The highest BCUT2D eigenvalue weighted by Gasteiger charge is 2.17. The average molecular weight is 986 g/mol. The number of carbonyl (C=O) groups excluding carboxylic acids is 2. The van der Waals surface area contributed by atoms with Crippen LogP contribution in [0.2, 0.25) is 0 Å². The predicted octanol–water partition coefficient (Wildman–Crippen LogP) is 19.6. The highest BCUT2D eigenvalue weighted by Crippen LogP contribution is 2.09. The molecule has 0 aliphatic heterocycles. The Labute approximate surface area is 441 Å². The lowest BCUT2D eigenvalue weighted by Gasteiger charge is -2.18. The summed E-state index contributed by atoms with van der Waals surface area (Å²) >= 11 is 0. The molecule has 398 valence electrons. The van der Waals surface area contributed by atoms with Crippen LogP contribution in [0, 0.1) is 0 Å². The summed E-state index contributed by atoms with van der Waals surface area (Å²) in [5.74, 6) is -0.554. The van der Waals surface area contributed by atoms with Gasteiger partial charge in [0.2, 0.25) is 0 Å². The number of hydrogen-bond donors (Lipinski definition) is 0. The fourth-order valence-corrected chi connectivity index (χ4v) is 6.59. The first-order valence-electron chi connectivity index (χ1n) is 28.0. The molecule has 0 aliphatic rings. The summed E-state index contributed by atoms with van der Waals surface area (Å²) in [6.07, 6.45) is 93.2. The molecule has 0 rings (SSSR count). The largest absolute Gasteiger partial charge is 0.462 e. The minimum absolute atomic E-state index is 0.00648. The maximum absolute atomic E-state index is 12.8. The number of hydrogen-bond acceptors (Lipinski definition) is 5. The SMILES string of the molecule is CC/C=C\C/C=C\C/C=C\C/C=C\C/C=C\C/C=C\CCCOCC(COC(=O)CCCCC/C=C\C/C=C\C/C=C\C/C=C\C/C=C\CC)OC(=O)CCC/C=C\C/C=C\C/C=C\C/C=C\C/C=C\CC. The van der Waals surface area contributed by atoms with Gasteiger partial charge in [-0.1, -0.05) is 222 Å². The molecule has 0 saturated carbocycles. The zero-order valence-corrected chi connectivity index (χ0v) is 45.6. The van der Waals surface area contributed by atoms with E-state index >= 15 is 0 Å². The van der Waals surface area contributed by atoms with Crippen LogP contribution in [-0.2, 0) is 23.8 Å². The van der Waals surface area contributed by atoms with E-state index in [1.165, 1.54) is 0 Å². The first-order chi connectivity index (χ1) is 35.6. The Morgan fingerprint density at radius 3 is 0.944 bits per heavy atom. The summed E-state index contributed by atoms with van der Waals surface area (Å²) < 4.78 is 17.3. The van der Waals surface area contributed by atoms with Crippen molar-refractivity contribution in [3.63, 3.8) is 0 Å². The number of esters is 2. The van der Waals surface area contributed by atoms with Crippen molar-refractivity contribution in [2.45, 2.75) is 194 Å². The van der Waals surface area contributed by atoms with Crippen LogP contribution in [0.25, 0.3) is 0 Å². The van der Waals surface area contributed by atoms with Gasteiger partial charge in [-0.2, -0.15) is 0 Å². The Hall–Kier alpha value is -5.26. The Morgan fingerprint density at radius 2 is 0.597 bits per heavy atom. The Balaban J connectivity index is 4.59. The van der Waals surface area contributed by atoms with Gasteiger partial charge in [-0.3, -0.25) is 9.59 Å². The van der Waals surface area contributed by atoms with Crippen molar-refractivity contribution in [2.75, 3.05) is 19.8 Å². The molecule has 0 amide bonds. The number of carbonyl (C=O) groups is 2. The lowest BCUT2D eigenvalue weighted by molar-refractivity contribution is -0.162. The molecular weight excluding hydrogens is 885 g/mol. The molecule has 0 aromatic carbocycles. The van der Waals surface area contributed by atoms with Crippen molar-refractivity contribution >= 4 is 11.9 Å². The Kier molecular flexibility index (Phi) is 55.7. The van der Waals surface area contributed by atoms with Crippen LogP contribution in [0.15, 0.2) is 194 Å². The molecule has 5 nitrogen and oxygen atoms in total. The second-order valence-corrected chi connectivity index (χ2v) is 17.3. The van der Waals surface area contributed by atoms with Gasteiger partial charge in [0.1, 0.15) is 6.61 Å². The fraction of sp³-hybridized carbons (Fsp3) is 0.493. The molecule has 0 fully saturated rings. The van der Waals surface area contributed by atoms with Gasteiger partial charge in [-0.25, -0.2) is 0 Å². The van der Waals surface area contributed by atoms with E-state index in [0.717, 1.165) is 148 Å². The smallest absolute Gasteiger partial charge is 0.306 e. The highest BCUT2D eigenvalue weighted by atomic mass is 16.6. The van der Waals surface area contributed by atoms with E-state index < -0.39 is 6.10 Å². The molecule has 0 heterocycles. The molecule has 0 aliphatic carbocycles. The van der Waals surface area contributed by atoms with Crippen LogP contribution < -0.4 is 0 Å². The molecule has 72 heavy (non-hydrogen) atoms. The molecule has 0 aromatic rings. The molecule has 0 aromatic heterocycles. The van der Waals surface area contributed by atoms with Gasteiger partial charge in [0.15, 0.2) is 6.10 Å². The number of ether oxygens (including phenoxy) is 3. The van der Waals surface area contributed by atoms with E-state index in [2.05, 4.69) is 215 Å². The number of unbranched alkanes of at least 4 members (excludes halogenated alkanes) is 5. The molecule has 1 atom stereocenters. The second-order valence-electron chi connectivity index (χ2n) is 17.3. The van der Waals surface area contributed by atoms with Crippen molar-refractivity contribution in [2.24, 2.45) is 0 Å². The average Bonchev–Trinajstić information content (AvgIpc) is 3.38. The number of allylic oxidation sites excluding steroid dienone is 32. The fourth-order valence-electron chi connectivity index (χ4n) is 6.59. The summed E-state index contributed by atoms with van der Waals surface area (Å²) in [6.45, 7) is 7.21. The van der Waals surface area contributed by atoms with Crippen LogP contribution in [0.5, 0.6) is 0 Å². The molecule has 0 radical (unpaired) electrons. The van der Waals surface area contributed by atoms with Crippen molar-refractivity contribution in [3.8, 4) is 0 Å². The van der Waals surface area contributed by atoms with Gasteiger partial charge in [0.25, 0.3) is 0 Å². The van der Waals surface area contributed by atoms with E-state index in [1.807, 2.05) is 0 Å². The van der Waals surface area contributed by atoms with E-state index in [-0.39, 0.29) is 25.2 Å². The van der Waals surface area contributed by atoms with Crippen molar-refractivity contribution in [1.29, 1.82) is 0 Å². The van der Waals surface area contributed by atoms with Gasteiger partial charge in [-0.05, 0) is 148 Å². The topological polar surface area (TPSA) is 61.8 Å². The maximum atomic E-state index is 12.8. The van der Waals surface area contributed by atoms with Gasteiger partial charge in [-0.15, -0.1) is 0 Å². The second kappa shape index (κ2) is 60.0. The van der Waals surface area contributed by atoms with E-state index in [4.69, 9.17) is 14.2 Å². The van der Waals surface area contributed by atoms with Gasteiger partial charge >= 0.3 is 11.9 Å². The van der Waals surface area contributed by atoms with Crippen LogP contribution >= 0.6 is 0 Å². The van der Waals surface area contributed by atoms with Crippen molar-refractivity contribution < 1.29 is 23.8 Å². The van der Waals surface area contributed by atoms with E-state index in [9.17, 15) is 9.59 Å². The Bertz CT molecular complexity index is 1730. The lowest BCUT2D eigenvalue weighted by atomic mass is 10.1. The van der Waals surface area contributed by atoms with Crippen LogP contribution in [-0.4, -0.2) is 37.9 Å². The lowest BCUT2D eigenvalue weighted by Crippen LogP contribution is -2.30. The monoisotopic (exact) mass is 985 g/mol. The summed E-state index contributed by atoms with van der Waals surface area (Å²) in [6, 6.07) is 0. The summed E-state index contributed by atoms with van der Waals surface area (Å²) in [5, 5.41) is 0. The first kappa shape index (κ1) is 66.7. The molecule has 0 spiro atoms. The normalized spacial score (nSPS) is 13.8. The minimum atomic E-state index is -0.628. The summed E-state index contributed by atoms with van der Waals surface area (Å²) in [5.41, 5.74) is 0. The predicted molar refractivity (Wildman–Crippen MR) is 315 cm³/mol. The Morgan fingerprint density at radius 1 is 0.306 bits per heavy atom. The molecule has 0 saturated heterocycles. The van der Waals surface area contributed by atoms with Gasteiger partial charge in [0, 0.05) is 19.4 Å². The third-order valence-electron chi connectivity index (χ3n) is 10.6. The summed E-state index contributed by atoms with van der Waals surface area (Å²) in [7, 11) is 0. The zero-order chi connectivity index (χ0) is 52.0. The molecule has 0 bridgehead atoms. The first-order valence-corrected chi connectivity index (χ1v) is 28.0. The zero-order valence-electron chi connectivity index (χ0n) is 45.6. The number of rotatable bonds is 48. The van der Waals surface area contributed by atoms with Crippen molar-refractivity contribution in [3.05, 3.63) is 194 Å².